The SMILES string of the molecule is Cc1cc(C)cc(N2CCN(C(=O)c3ccc(Br)cc3)[C@@H](C)C2=O)c1. The molecule has 4 nitrogen and oxygen atoms in total. The maximum Gasteiger partial charge on any atom is 0.254 e. The van der Waals surface area contributed by atoms with Crippen molar-refractivity contribution >= 4 is 33.4 Å². The van der Waals surface area contributed by atoms with Crippen LogP contribution in [-0.2, 0) is 4.79 Å². The number of carbonyl (C=O) groups excluding carboxylic acids is 2. The lowest BCUT2D eigenvalue weighted by Crippen LogP contribution is -2.57. The molecule has 2 aromatic rings. The lowest BCUT2D eigenvalue weighted by molar-refractivity contribution is -0.124. The average molecular weight is 401 g/mol. The first-order valence-electron chi connectivity index (χ1n) is 8.33. The van der Waals surface area contributed by atoms with Crippen LogP contribution in [0.3, 0.4) is 0 Å². The molecule has 0 unspecified atom stereocenters. The molecule has 3 rings (SSSR count). The lowest BCUT2D eigenvalue weighted by Gasteiger charge is -2.39. The Hall–Kier alpha value is -2.14. The van der Waals surface area contributed by atoms with Gasteiger partial charge in [0.15, 0.2) is 0 Å². The second-order valence-electron chi connectivity index (χ2n) is 6.52. The molecule has 5 heteroatoms. The van der Waals surface area contributed by atoms with Crippen LogP contribution in [0.5, 0.6) is 0 Å². The van der Waals surface area contributed by atoms with Crippen LogP contribution in [0.15, 0.2) is 46.9 Å². The van der Waals surface area contributed by atoms with Gasteiger partial charge in [-0.3, -0.25) is 9.59 Å². The highest BCUT2D eigenvalue weighted by molar-refractivity contribution is 9.10. The van der Waals surface area contributed by atoms with Gasteiger partial charge in [0.2, 0.25) is 5.91 Å². The lowest BCUT2D eigenvalue weighted by atomic mass is 10.1. The summed E-state index contributed by atoms with van der Waals surface area (Å²) in [6, 6.07) is 12.9. The van der Waals surface area contributed by atoms with E-state index in [9.17, 15) is 9.59 Å². The standard InChI is InChI=1S/C20H21BrN2O2/c1-13-10-14(2)12-18(11-13)23-9-8-22(15(3)19(23)24)20(25)16-4-6-17(21)7-5-16/h4-7,10-12,15H,8-9H2,1-3H3/t15-/m0/s1. The Morgan fingerprint density at radius 2 is 1.64 bits per heavy atom. The molecule has 130 valence electrons. The van der Waals surface area contributed by atoms with Crippen molar-refractivity contribution in [2.45, 2.75) is 26.8 Å². The highest BCUT2D eigenvalue weighted by atomic mass is 79.9. The first-order chi connectivity index (χ1) is 11.9. The van der Waals surface area contributed by atoms with Crippen LogP contribution < -0.4 is 4.90 Å². The molecule has 2 amide bonds. The van der Waals surface area contributed by atoms with Crippen LogP contribution in [-0.4, -0.2) is 35.8 Å². The molecule has 0 radical (unpaired) electrons. The number of carbonyl (C=O) groups is 2. The van der Waals surface area contributed by atoms with Crippen molar-refractivity contribution in [3.8, 4) is 0 Å². The van der Waals surface area contributed by atoms with E-state index in [4.69, 9.17) is 0 Å². The molecule has 1 heterocycles. The van der Waals surface area contributed by atoms with Crippen LogP contribution in [0.1, 0.15) is 28.4 Å². The van der Waals surface area contributed by atoms with Crippen molar-refractivity contribution in [3.63, 3.8) is 0 Å². The number of halogens is 1. The van der Waals surface area contributed by atoms with Gasteiger partial charge in [0.25, 0.3) is 5.91 Å². The number of amides is 2. The first kappa shape index (κ1) is 17.7. The minimum atomic E-state index is -0.481. The molecule has 0 aromatic heterocycles. The van der Waals surface area contributed by atoms with Crippen molar-refractivity contribution in [1.29, 1.82) is 0 Å². The number of benzene rings is 2. The molecule has 0 bridgehead atoms. The summed E-state index contributed by atoms with van der Waals surface area (Å²) in [6.07, 6.45) is 0. The molecular formula is C20H21BrN2O2. The number of nitrogens with zero attached hydrogens (tertiary/aromatic N) is 2. The second-order valence-corrected chi connectivity index (χ2v) is 7.43. The van der Waals surface area contributed by atoms with Gasteiger partial charge in [-0.2, -0.15) is 0 Å². The number of piperazine rings is 1. The van der Waals surface area contributed by atoms with E-state index in [0.29, 0.717) is 18.7 Å². The van der Waals surface area contributed by atoms with E-state index in [1.165, 1.54) is 0 Å². The number of anilines is 1. The van der Waals surface area contributed by atoms with Crippen LogP contribution in [0.4, 0.5) is 5.69 Å². The summed E-state index contributed by atoms with van der Waals surface area (Å²) in [4.78, 5) is 29.1. The normalized spacial score (nSPS) is 17.8. The fourth-order valence-corrected chi connectivity index (χ4v) is 3.53. The highest BCUT2D eigenvalue weighted by Crippen LogP contribution is 2.24. The summed E-state index contributed by atoms with van der Waals surface area (Å²) >= 11 is 3.37. The van der Waals surface area contributed by atoms with E-state index in [0.717, 1.165) is 21.3 Å². The topological polar surface area (TPSA) is 40.6 Å². The third-order valence-electron chi connectivity index (χ3n) is 4.53. The van der Waals surface area contributed by atoms with Gasteiger partial charge in [-0.05, 0) is 68.3 Å². The summed E-state index contributed by atoms with van der Waals surface area (Å²) in [5.74, 6) is -0.143. The Morgan fingerprint density at radius 1 is 1.04 bits per heavy atom. The molecule has 1 aliphatic heterocycles. The molecular weight excluding hydrogens is 380 g/mol. The molecule has 0 N–H and O–H groups in total. The molecule has 1 atom stereocenters. The van der Waals surface area contributed by atoms with Crippen molar-refractivity contribution in [2.24, 2.45) is 0 Å². The van der Waals surface area contributed by atoms with Gasteiger partial charge in [-0.1, -0.05) is 22.0 Å². The van der Waals surface area contributed by atoms with Crippen LogP contribution in [0.2, 0.25) is 0 Å². The Bertz CT molecular complexity index is 797. The van der Waals surface area contributed by atoms with E-state index < -0.39 is 6.04 Å². The molecule has 1 fully saturated rings. The van der Waals surface area contributed by atoms with Gasteiger partial charge in [0.1, 0.15) is 6.04 Å². The number of rotatable bonds is 2. The smallest absolute Gasteiger partial charge is 0.254 e. The predicted octanol–water partition coefficient (Wildman–Crippen LogP) is 3.94. The Balaban J connectivity index is 1.81. The van der Waals surface area contributed by atoms with Crippen LogP contribution in [0.25, 0.3) is 0 Å². The average Bonchev–Trinajstić information content (AvgIpc) is 2.56. The number of hydrogen-bond acceptors (Lipinski definition) is 2. The van der Waals surface area contributed by atoms with Crippen molar-refractivity contribution in [2.75, 3.05) is 18.0 Å². The zero-order valence-corrected chi connectivity index (χ0v) is 16.2. The van der Waals surface area contributed by atoms with E-state index in [1.807, 2.05) is 38.1 Å². The third-order valence-corrected chi connectivity index (χ3v) is 5.05. The van der Waals surface area contributed by atoms with Gasteiger partial charge in [0, 0.05) is 28.8 Å². The molecule has 0 saturated carbocycles. The quantitative estimate of drug-likeness (QED) is 0.765. The summed E-state index contributed by atoms with van der Waals surface area (Å²) in [5.41, 5.74) is 3.76. The Morgan fingerprint density at radius 3 is 2.24 bits per heavy atom. The molecule has 1 saturated heterocycles. The maximum absolute atomic E-state index is 12.9. The zero-order chi connectivity index (χ0) is 18.1. The highest BCUT2D eigenvalue weighted by Gasteiger charge is 2.35. The number of aryl methyl sites for hydroxylation is 2. The second kappa shape index (κ2) is 7.00. The van der Waals surface area contributed by atoms with E-state index in [1.54, 1.807) is 28.9 Å². The minimum absolute atomic E-state index is 0.0401. The molecule has 2 aromatic carbocycles. The summed E-state index contributed by atoms with van der Waals surface area (Å²) in [6.45, 7) is 6.88. The predicted molar refractivity (Wildman–Crippen MR) is 103 cm³/mol. The largest absolute Gasteiger partial charge is 0.325 e. The number of hydrogen-bond donors (Lipinski definition) is 0. The Kier molecular flexibility index (Phi) is 4.95. The van der Waals surface area contributed by atoms with Crippen LogP contribution in [0, 0.1) is 13.8 Å². The van der Waals surface area contributed by atoms with Crippen molar-refractivity contribution in [3.05, 3.63) is 63.6 Å². The van der Waals surface area contributed by atoms with E-state index in [-0.39, 0.29) is 11.8 Å². The fourth-order valence-electron chi connectivity index (χ4n) is 3.27. The third kappa shape index (κ3) is 3.61. The van der Waals surface area contributed by atoms with E-state index in [2.05, 4.69) is 22.0 Å². The molecule has 0 spiro atoms. The Labute approximate surface area is 156 Å². The summed E-state index contributed by atoms with van der Waals surface area (Å²) in [7, 11) is 0. The van der Waals surface area contributed by atoms with Crippen molar-refractivity contribution in [1.82, 2.24) is 4.90 Å². The summed E-state index contributed by atoms with van der Waals surface area (Å²) in [5, 5.41) is 0. The summed E-state index contributed by atoms with van der Waals surface area (Å²) < 4.78 is 0.924. The van der Waals surface area contributed by atoms with Gasteiger partial charge < -0.3 is 9.80 Å². The minimum Gasteiger partial charge on any atom is -0.325 e. The molecule has 1 aliphatic rings. The monoisotopic (exact) mass is 400 g/mol. The maximum atomic E-state index is 12.9. The van der Waals surface area contributed by atoms with Gasteiger partial charge in [-0.15, -0.1) is 0 Å². The van der Waals surface area contributed by atoms with Gasteiger partial charge in [0.05, 0.1) is 0 Å². The zero-order valence-electron chi connectivity index (χ0n) is 14.6. The van der Waals surface area contributed by atoms with Gasteiger partial charge in [-0.25, -0.2) is 0 Å². The first-order valence-corrected chi connectivity index (χ1v) is 9.12. The van der Waals surface area contributed by atoms with Gasteiger partial charge >= 0.3 is 0 Å². The van der Waals surface area contributed by atoms with E-state index >= 15 is 0 Å². The van der Waals surface area contributed by atoms with Crippen molar-refractivity contribution < 1.29 is 9.59 Å². The van der Waals surface area contributed by atoms with Crippen LogP contribution >= 0.6 is 15.9 Å². The molecule has 0 aliphatic carbocycles. The fraction of sp³-hybridized carbons (Fsp3) is 0.300. The molecule has 25 heavy (non-hydrogen) atoms.